The highest BCUT2D eigenvalue weighted by Gasteiger charge is 2.14. The third-order valence-corrected chi connectivity index (χ3v) is 4.71. The van der Waals surface area contributed by atoms with E-state index in [9.17, 15) is 9.90 Å². The smallest absolute Gasteiger partial charge is 0.336 e. The molecule has 0 aliphatic rings. The van der Waals surface area contributed by atoms with Crippen molar-refractivity contribution >= 4 is 5.97 Å². The molecule has 1 heterocycles. The molecule has 1 N–H and O–H groups in total. The molecule has 5 heteroatoms. The molecule has 0 atom stereocenters. The molecule has 0 fully saturated rings. The van der Waals surface area contributed by atoms with Crippen LogP contribution in [-0.4, -0.2) is 25.8 Å². The number of carbonyl (C=O) groups is 1. The van der Waals surface area contributed by atoms with Crippen LogP contribution in [0.4, 0.5) is 0 Å². The van der Waals surface area contributed by atoms with Gasteiger partial charge in [0.15, 0.2) is 5.82 Å². The van der Waals surface area contributed by atoms with Gasteiger partial charge in [-0.3, -0.25) is 0 Å². The number of hydrogen-bond acceptors (Lipinski definition) is 3. The molecular weight excluding hydrogens is 362 g/mol. The van der Waals surface area contributed by atoms with Crippen molar-refractivity contribution in [1.82, 2.24) is 14.8 Å². The summed E-state index contributed by atoms with van der Waals surface area (Å²) in [5.41, 5.74) is 3.08. The van der Waals surface area contributed by atoms with Crippen molar-refractivity contribution in [3.8, 4) is 11.1 Å². The zero-order chi connectivity index (χ0) is 21.0. The number of benzene rings is 2. The molecule has 0 aliphatic heterocycles. The quantitative estimate of drug-likeness (QED) is 0.581. The van der Waals surface area contributed by atoms with E-state index in [0.29, 0.717) is 23.8 Å². The van der Waals surface area contributed by atoms with Gasteiger partial charge in [0.05, 0.1) is 5.56 Å². The summed E-state index contributed by atoms with van der Waals surface area (Å²) in [5.74, 6) is 1.99. The van der Waals surface area contributed by atoms with Crippen LogP contribution in [0.3, 0.4) is 0 Å². The molecule has 0 saturated carbocycles. The summed E-state index contributed by atoms with van der Waals surface area (Å²) >= 11 is 0. The number of hydrogen-bond donors (Lipinski definition) is 1. The Balaban J connectivity index is 1.85. The first kappa shape index (κ1) is 20.8. The van der Waals surface area contributed by atoms with Gasteiger partial charge in [-0.2, -0.15) is 5.10 Å². The molecule has 2 aromatic carbocycles. The van der Waals surface area contributed by atoms with E-state index < -0.39 is 5.97 Å². The van der Waals surface area contributed by atoms with E-state index in [1.807, 2.05) is 41.1 Å². The normalized spacial score (nSPS) is 11.4. The molecule has 152 valence electrons. The number of aromatic nitrogens is 3. The van der Waals surface area contributed by atoms with Gasteiger partial charge in [-0.05, 0) is 34.6 Å². The first-order chi connectivity index (χ1) is 13.8. The van der Waals surface area contributed by atoms with Gasteiger partial charge in [-0.1, -0.05) is 70.2 Å². The van der Waals surface area contributed by atoms with E-state index in [-0.39, 0.29) is 0 Å². The van der Waals surface area contributed by atoms with Crippen LogP contribution in [0.2, 0.25) is 0 Å². The van der Waals surface area contributed by atoms with Crippen LogP contribution in [-0.2, 0) is 19.4 Å². The average molecular weight is 392 g/mol. The van der Waals surface area contributed by atoms with E-state index in [2.05, 4.69) is 27.7 Å². The summed E-state index contributed by atoms with van der Waals surface area (Å²) in [6.45, 7) is 9.57. The van der Waals surface area contributed by atoms with Gasteiger partial charge >= 0.3 is 5.97 Å². The van der Waals surface area contributed by atoms with E-state index in [1.165, 1.54) is 0 Å². The highest BCUT2D eigenvalue weighted by Crippen LogP contribution is 2.24. The standard InChI is InChI=1S/C24H29N3O2/c1-16(2)13-22-25-23(27(26-22)15-17(3)4)14-18-9-11-19(12-10-18)20-7-5-6-8-21(20)24(28)29/h5-12,16-17H,13-15H2,1-4H3,(H,28,29). The summed E-state index contributed by atoms with van der Waals surface area (Å²) in [4.78, 5) is 16.3. The maximum atomic E-state index is 11.5. The lowest BCUT2D eigenvalue weighted by atomic mass is 9.98. The fourth-order valence-electron chi connectivity index (χ4n) is 3.41. The van der Waals surface area contributed by atoms with Crippen LogP contribution in [0.25, 0.3) is 11.1 Å². The maximum Gasteiger partial charge on any atom is 0.336 e. The highest BCUT2D eigenvalue weighted by molar-refractivity contribution is 5.95. The molecular formula is C24H29N3O2. The fraction of sp³-hybridized carbons (Fsp3) is 0.375. The second-order valence-corrected chi connectivity index (χ2v) is 8.34. The summed E-state index contributed by atoms with van der Waals surface area (Å²) in [5, 5.41) is 14.1. The summed E-state index contributed by atoms with van der Waals surface area (Å²) in [6.07, 6.45) is 1.58. The van der Waals surface area contributed by atoms with Gasteiger partial charge in [0.25, 0.3) is 0 Å². The van der Waals surface area contributed by atoms with Crippen LogP contribution >= 0.6 is 0 Å². The van der Waals surface area contributed by atoms with Crippen molar-refractivity contribution in [2.45, 2.75) is 47.1 Å². The van der Waals surface area contributed by atoms with Crippen molar-refractivity contribution in [2.24, 2.45) is 11.8 Å². The summed E-state index contributed by atoms with van der Waals surface area (Å²) in [7, 11) is 0. The molecule has 0 amide bonds. The Bertz CT molecular complexity index is 972. The zero-order valence-corrected chi connectivity index (χ0v) is 17.6. The minimum Gasteiger partial charge on any atom is -0.478 e. The Morgan fingerprint density at radius 2 is 1.69 bits per heavy atom. The van der Waals surface area contributed by atoms with Crippen molar-refractivity contribution in [3.63, 3.8) is 0 Å². The van der Waals surface area contributed by atoms with Crippen LogP contribution < -0.4 is 0 Å². The van der Waals surface area contributed by atoms with Crippen molar-refractivity contribution in [3.05, 3.63) is 71.3 Å². The fourth-order valence-corrected chi connectivity index (χ4v) is 3.41. The molecule has 0 bridgehead atoms. The molecule has 0 unspecified atom stereocenters. The van der Waals surface area contributed by atoms with Crippen LogP contribution in [0.5, 0.6) is 0 Å². The Morgan fingerprint density at radius 3 is 2.31 bits per heavy atom. The van der Waals surface area contributed by atoms with Crippen molar-refractivity contribution < 1.29 is 9.90 Å². The predicted octanol–water partition coefficient (Wildman–Crippen LogP) is 5.09. The number of nitrogens with zero attached hydrogens (tertiary/aromatic N) is 3. The molecule has 0 radical (unpaired) electrons. The number of rotatable bonds is 8. The van der Waals surface area contributed by atoms with E-state index in [0.717, 1.165) is 41.3 Å². The van der Waals surface area contributed by atoms with E-state index >= 15 is 0 Å². The molecule has 0 saturated heterocycles. The second kappa shape index (κ2) is 9.03. The lowest BCUT2D eigenvalue weighted by Crippen LogP contribution is -2.11. The molecule has 5 nitrogen and oxygen atoms in total. The largest absolute Gasteiger partial charge is 0.478 e. The molecule has 3 aromatic rings. The van der Waals surface area contributed by atoms with Gasteiger partial charge in [0.1, 0.15) is 5.82 Å². The predicted molar refractivity (Wildman–Crippen MR) is 115 cm³/mol. The van der Waals surface area contributed by atoms with Crippen LogP contribution in [0.15, 0.2) is 48.5 Å². The Labute approximate surface area is 172 Å². The second-order valence-electron chi connectivity index (χ2n) is 8.34. The van der Waals surface area contributed by atoms with Crippen molar-refractivity contribution in [2.75, 3.05) is 0 Å². The first-order valence-corrected chi connectivity index (χ1v) is 10.2. The van der Waals surface area contributed by atoms with Crippen LogP contribution in [0.1, 0.15) is 55.3 Å². The molecule has 1 aromatic heterocycles. The van der Waals surface area contributed by atoms with Gasteiger partial charge in [-0.15, -0.1) is 0 Å². The number of carboxylic acid groups (broad SMARTS) is 1. The SMILES string of the molecule is CC(C)Cc1nc(Cc2ccc(-c3ccccc3C(=O)O)cc2)n(CC(C)C)n1. The topological polar surface area (TPSA) is 68.0 Å². The third kappa shape index (κ3) is 5.31. The number of aromatic carboxylic acids is 1. The molecule has 29 heavy (non-hydrogen) atoms. The zero-order valence-electron chi connectivity index (χ0n) is 17.6. The van der Waals surface area contributed by atoms with E-state index in [1.54, 1.807) is 12.1 Å². The average Bonchev–Trinajstić information content (AvgIpc) is 3.01. The molecule has 3 rings (SSSR count). The van der Waals surface area contributed by atoms with E-state index in [4.69, 9.17) is 10.1 Å². The Hall–Kier alpha value is -2.95. The monoisotopic (exact) mass is 391 g/mol. The maximum absolute atomic E-state index is 11.5. The van der Waals surface area contributed by atoms with Crippen LogP contribution in [0, 0.1) is 11.8 Å². The summed E-state index contributed by atoms with van der Waals surface area (Å²) in [6, 6.07) is 15.1. The lowest BCUT2D eigenvalue weighted by Gasteiger charge is -2.10. The lowest BCUT2D eigenvalue weighted by molar-refractivity contribution is 0.0697. The van der Waals surface area contributed by atoms with Gasteiger partial charge in [0, 0.05) is 19.4 Å². The number of carboxylic acids is 1. The molecule has 0 aliphatic carbocycles. The van der Waals surface area contributed by atoms with Crippen molar-refractivity contribution in [1.29, 1.82) is 0 Å². The third-order valence-electron chi connectivity index (χ3n) is 4.71. The molecule has 0 spiro atoms. The van der Waals surface area contributed by atoms with Gasteiger partial charge in [-0.25, -0.2) is 14.5 Å². The minimum absolute atomic E-state index is 0.315. The Morgan fingerprint density at radius 1 is 1.00 bits per heavy atom. The highest BCUT2D eigenvalue weighted by atomic mass is 16.4. The summed E-state index contributed by atoms with van der Waals surface area (Å²) < 4.78 is 2.04. The first-order valence-electron chi connectivity index (χ1n) is 10.2. The Kier molecular flexibility index (Phi) is 6.47. The van der Waals surface area contributed by atoms with Gasteiger partial charge < -0.3 is 5.11 Å². The minimum atomic E-state index is -0.913. The van der Waals surface area contributed by atoms with Gasteiger partial charge in [0.2, 0.25) is 0 Å².